The number of rotatable bonds is 4. The summed E-state index contributed by atoms with van der Waals surface area (Å²) in [4.78, 5) is 9.57. The molecular weight excluding hydrogens is 296 g/mol. The third kappa shape index (κ3) is 2.76. The number of ketones is 1. The van der Waals surface area contributed by atoms with E-state index in [1.807, 2.05) is 0 Å². The molecular formula is C14H14O6S. The van der Waals surface area contributed by atoms with Crippen LogP contribution in [-0.4, -0.2) is 35.9 Å². The average Bonchev–Trinajstić information content (AvgIpc) is 2.46. The number of ether oxygens (including phenoxy) is 1. The van der Waals surface area contributed by atoms with E-state index in [0.29, 0.717) is 0 Å². The van der Waals surface area contributed by atoms with E-state index in [0.717, 1.165) is 6.08 Å². The fourth-order valence-corrected chi connectivity index (χ4v) is 2.79. The number of methoxy groups -OCH3 is 1. The van der Waals surface area contributed by atoms with Crippen molar-refractivity contribution in [2.45, 2.75) is 11.4 Å². The van der Waals surface area contributed by atoms with Gasteiger partial charge in [-0.25, -0.2) is 0 Å². The standard InChI is InChI=1S/C14H14O6S/c1-20-11-7-8-12(14(16,9-11)21(17,18)19)13(15)10-5-3-2-4-6-10/h2-6,8-9,16H,7H2,1H3,(H,17,18,19). The van der Waals surface area contributed by atoms with Crippen molar-refractivity contribution >= 4 is 15.9 Å². The van der Waals surface area contributed by atoms with Crippen molar-refractivity contribution in [2.24, 2.45) is 0 Å². The van der Waals surface area contributed by atoms with Gasteiger partial charge in [-0.3, -0.25) is 9.35 Å². The summed E-state index contributed by atoms with van der Waals surface area (Å²) in [5.41, 5.74) is -0.211. The first-order valence-electron chi connectivity index (χ1n) is 6.05. The van der Waals surface area contributed by atoms with Crippen LogP contribution in [-0.2, 0) is 14.9 Å². The third-order valence-corrected chi connectivity index (χ3v) is 4.31. The predicted molar refractivity (Wildman–Crippen MR) is 75.1 cm³/mol. The van der Waals surface area contributed by atoms with Crippen molar-refractivity contribution in [1.29, 1.82) is 0 Å². The van der Waals surface area contributed by atoms with Crippen LogP contribution in [0, 0.1) is 0 Å². The fourth-order valence-electron chi connectivity index (χ4n) is 2.06. The van der Waals surface area contributed by atoms with E-state index < -0.39 is 26.4 Å². The van der Waals surface area contributed by atoms with Crippen LogP contribution in [0.25, 0.3) is 0 Å². The largest absolute Gasteiger partial charge is 0.501 e. The molecule has 0 heterocycles. The molecule has 1 unspecified atom stereocenters. The Morgan fingerprint density at radius 2 is 1.90 bits per heavy atom. The first-order chi connectivity index (χ1) is 9.79. The summed E-state index contributed by atoms with van der Waals surface area (Å²) < 4.78 is 37.3. The first kappa shape index (κ1) is 15.4. The molecule has 6 nitrogen and oxygen atoms in total. The van der Waals surface area contributed by atoms with E-state index in [1.54, 1.807) is 18.2 Å². The summed E-state index contributed by atoms with van der Waals surface area (Å²) in [5.74, 6) is -0.540. The van der Waals surface area contributed by atoms with Gasteiger partial charge < -0.3 is 9.84 Å². The Hall–Kier alpha value is -1.96. The maximum atomic E-state index is 12.4. The van der Waals surface area contributed by atoms with Crippen LogP contribution in [0.4, 0.5) is 0 Å². The van der Waals surface area contributed by atoms with Crippen LogP contribution < -0.4 is 0 Å². The average molecular weight is 310 g/mol. The molecule has 21 heavy (non-hydrogen) atoms. The molecule has 1 atom stereocenters. The van der Waals surface area contributed by atoms with Gasteiger partial charge in [-0.1, -0.05) is 36.4 Å². The Morgan fingerprint density at radius 3 is 2.43 bits per heavy atom. The zero-order chi connectivity index (χ0) is 15.7. The molecule has 2 N–H and O–H groups in total. The van der Waals surface area contributed by atoms with Gasteiger partial charge in [-0.15, -0.1) is 0 Å². The molecule has 1 aromatic rings. The minimum Gasteiger partial charge on any atom is -0.501 e. The van der Waals surface area contributed by atoms with E-state index in [9.17, 15) is 22.9 Å². The number of hydrogen-bond acceptors (Lipinski definition) is 5. The highest BCUT2D eigenvalue weighted by molar-refractivity contribution is 7.87. The Bertz CT molecular complexity index is 717. The van der Waals surface area contributed by atoms with E-state index in [2.05, 4.69) is 0 Å². The molecule has 7 heteroatoms. The van der Waals surface area contributed by atoms with Gasteiger partial charge in [0.1, 0.15) is 0 Å². The number of carbonyl (C=O) groups is 1. The highest BCUT2D eigenvalue weighted by Gasteiger charge is 2.48. The Morgan fingerprint density at radius 1 is 1.29 bits per heavy atom. The molecule has 0 radical (unpaired) electrons. The van der Waals surface area contributed by atoms with Crippen molar-refractivity contribution in [3.05, 3.63) is 59.4 Å². The van der Waals surface area contributed by atoms with Gasteiger partial charge in [0.25, 0.3) is 0 Å². The lowest BCUT2D eigenvalue weighted by Crippen LogP contribution is -2.42. The first-order valence-corrected chi connectivity index (χ1v) is 7.49. The smallest absolute Gasteiger partial charge is 0.303 e. The minimum atomic E-state index is -4.96. The lowest BCUT2D eigenvalue weighted by atomic mass is 9.93. The zero-order valence-corrected chi connectivity index (χ0v) is 12.0. The van der Waals surface area contributed by atoms with E-state index in [1.165, 1.54) is 25.3 Å². The third-order valence-electron chi connectivity index (χ3n) is 3.19. The summed E-state index contributed by atoms with van der Waals surface area (Å²) in [6.07, 6.45) is 2.21. The Kier molecular flexibility index (Phi) is 3.99. The van der Waals surface area contributed by atoms with Crippen LogP contribution in [0.2, 0.25) is 0 Å². The summed E-state index contributed by atoms with van der Waals surface area (Å²) >= 11 is 0. The molecule has 2 rings (SSSR count). The highest BCUT2D eigenvalue weighted by atomic mass is 32.2. The molecule has 0 aromatic heterocycles. The van der Waals surface area contributed by atoms with Crippen molar-refractivity contribution in [1.82, 2.24) is 0 Å². The zero-order valence-electron chi connectivity index (χ0n) is 11.2. The van der Waals surface area contributed by atoms with Gasteiger partial charge in [-0.05, 0) is 0 Å². The molecule has 0 spiro atoms. The molecule has 0 bridgehead atoms. The fraction of sp³-hybridized carbons (Fsp3) is 0.214. The molecule has 0 amide bonds. The van der Waals surface area contributed by atoms with Crippen molar-refractivity contribution < 1.29 is 27.6 Å². The summed E-state index contributed by atoms with van der Waals surface area (Å²) in [6.45, 7) is 0. The van der Waals surface area contributed by atoms with Gasteiger partial charge >= 0.3 is 10.1 Å². The summed E-state index contributed by atoms with van der Waals surface area (Å²) in [7, 11) is -3.66. The minimum absolute atomic E-state index is 0.139. The molecule has 1 aliphatic rings. The van der Waals surface area contributed by atoms with Crippen LogP contribution in [0.5, 0.6) is 0 Å². The summed E-state index contributed by atoms with van der Waals surface area (Å²) in [6, 6.07) is 7.90. The maximum Gasteiger partial charge on any atom is 0.303 e. The second kappa shape index (κ2) is 5.44. The normalized spacial score (nSPS) is 22.2. The van der Waals surface area contributed by atoms with Gasteiger partial charge in [0.15, 0.2) is 5.78 Å². The van der Waals surface area contributed by atoms with E-state index in [-0.39, 0.29) is 17.7 Å². The molecule has 1 aliphatic carbocycles. The molecule has 0 saturated heterocycles. The number of benzene rings is 1. The molecule has 0 aliphatic heterocycles. The second-order valence-electron chi connectivity index (χ2n) is 4.50. The van der Waals surface area contributed by atoms with E-state index in [4.69, 9.17) is 4.74 Å². The lowest BCUT2D eigenvalue weighted by molar-refractivity contribution is 0.0971. The number of Topliss-reactive ketones (excluding diaryl/α,β-unsaturated/α-hetero) is 1. The van der Waals surface area contributed by atoms with Gasteiger partial charge in [0, 0.05) is 18.1 Å². The molecule has 0 fully saturated rings. The van der Waals surface area contributed by atoms with Crippen molar-refractivity contribution in [3.8, 4) is 0 Å². The van der Waals surface area contributed by atoms with Gasteiger partial charge in [-0.2, -0.15) is 8.42 Å². The van der Waals surface area contributed by atoms with Crippen molar-refractivity contribution in [2.75, 3.05) is 7.11 Å². The highest BCUT2D eigenvalue weighted by Crippen LogP contribution is 2.34. The number of carbonyl (C=O) groups excluding carboxylic acids is 1. The van der Waals surface area contributed by atoms with Crippen molar-refractivity contribution in [3.63, 3.8) is 0 Å². The van der Waals surface area contributed by atoms with E-state index >= 15 is 0 Å². The number of hydrogen-bond donors (Lipinski definition) is 2. The van der Waals surface area contributed by atoms with Gasteiger partial charge in [0.2, 0.25) is 4.93 Å². The van der Waals surface area contributed by atoms with Crippen LogP contribution >= 0.6 is 0 Å². The maximum absolute atomic E-state index is 12.4. The molecule has 112 valence electrons. The second-order valence-corrected chi connectivity index (χ2v) is 6.08. The lowest BCUT2D eigenvalue weighted by Gasteiger charge is -2.27. The monoisotopic (exact) mass is 310 g/mol. The van der Waals surface area contributed by atoms with Gasteiger partial charge in [0.05, 0.1) is 18.4 Å². The van der Waals surface area contributed by atoms with Crippen LogP contribution in [0.15, 0.2) is 53.8 Å². The number of aliphatic hydroxyl groups is 1. The number of allylic oxidation sites excluding steroid dienone is 1. The van der Waals surface area contributed by atoms with Crippen LogP contribution in [0.1, 0.15) is 16.8 Å². The molecule has 0 saturated carbocycles. The Labute approximate surface area is 122 Å². The quantitative estimate of drug-likeness (QED) is 0.642. The van der Waals surface area contributed by atoms with Crippen LogP contribution in [0.3, 0.4) is 0 Å². The predicted octanol–water partition coefficient (Wildman–Crippen LogP) is 1.31. The molecule has 1 aromatic carbocycles. The summed E-state index contributed by atoms with van der Waals surface area (Å²) in [5, 5.41) is 10.3. The Balaban J connectivity index is 2.53. The SMILES string of the molecule is COC1=CC(O)(S(=O)(=O)O)C(C(=O)c2ccccc2)=CC1. The topological polar surface area (TPSA) is 101 Å².